The molecule has 2 heterocycles. The monoisotopic (exact) mass is 312 g/mol. The maximum Gasteiger partial charge on any atom is 0.237 e. The first-order chi connectivity index (χ1) is 11.0. The first kappa shape index (κ1) is 15.7. The average Bonchev–Trinajstić information content (AvgIpc) is 2.86. The quantitative estimate of drug-likeness (QED) is 0.865. The molecule has 0 atom stereocenters. The van der Waals surface area contributed by atoms with Gasteiger partial charge in [0.15, 0.2) is 0 Å². The Kier molecular flexibility index (Phi) is 4.48. The van der Waals surface area contributed by atoms with Crippen molar-refractivity contribution < 1.29 is 4.79 Å². The zero-order valence-corrected chi connectivity index (χ0v) is 14.1. The third kappa shape index (κ3) is 3.99. The van der Waals surface area contributed by atoms with E-state index in [1.807, 2.05) is 24.3 Å². The van der Waals surface area contributed by atoms with Crippen LogP contribution in [0.4, 0.5) is 0 Å². The van der Waals surface area contributed by atoms with Gasteiger partial charge in [0, 0.05) is 45.0 Å². The molecular formula is C18H24N4O. The van der Waals surface area contributed by atoms with Gasteiger partial charge in [0.1, 0.15) is 0 Å². The van der Waals surface area contributed by atoms with Crippen molar-refractivity contribution in [2.75, 3.05) is 19.6 Å². The number of hydrogen-bond acceptors (Lipinski definition) is 3. The highest BCUT2D eigenvalue weighted by atomic mass is 16.2. The second-order valence-electron chi connectivity index (χ2n) is 6.54. The average molecular weight is 312 g/mol. The Balaban J connectivity index is 1.59. The SMILES string of the molecule is Cc1cc(C)cc(CN2CCN(Cc3cnn(C)c3)CC2=O)c1. The number of benzene rings is 1. The van der Waals surface area contributed by atoms with E-state index in [0.29, 0.717) is 13.1 Å². The van der Waals surface area contributed by atoms with Gasteiger partial charge in [-0.15, -0.1) is 0 Å². The zero-order valence-electron chi connectivity index (χ0n) is 14.1. The lowest BCUT2D eigenvalue weighted by atomic mass is 10.1. The van der Waals surface area contributed by atoms with Crippen molar-refractivity contribution in [1.82, 2.24) is 19.6 Å². The highest BCUT2D eigenvalue weighted by Crippen LogP contribution is 2.15. The molecular weight excluding hydrogens is 288 g/mol. The van der Waals surface area contributed by atoms with Crippen molar-refractivity contribution in [2.24, 2.45) is 7.05 Å². The molecule has 122 valence electrons. The normalized spacial score (nSPS) is 16.1. The van der Waals surface area contributed by atoms with Crippen molar-refractivity contribution in [3.05, 3.63) is 52.8 Å². The molecule has 5 nitrogen and oxygen atoms in total. The number of carbonyl (C=O) groups excluding carboxylic acids is 1. The minimum atomic E-state index is 0.208. The molecule has 0 spiro atoms. The summed E-state index contributed by atoms with van der Waals surface area (Å²) in [5, 5.41) is 4.18. The van der Waals surface area contributed by atoms with Crippen LogP contribution in [0.2, 0.25) is 0 Å². The Hall–Kier alpha value is -2.14. The Bertz CT molecular complexity index is 687. The number of amides is 1. The molecule has 0 saturated carbocycles. The third-order valence-corrected chi connectivity index (χ3v) is 4.22. The maximum atomic E-state index is 12.4. The number of nitrogens with zero attached hydrogens (tertiary/aromatic N) is 4. The van der Waals surface area contributed by atoms with Gasteiger partial charge in [-0.1, -0.05) is 29.3 Å². The van der Waals surface area contributed by atoms with E-state index in [9.17, 15) is 4.79 Å². The van der Waals surface area contributed by atoms with Crippen molar-refractivity contribution >= 4 is 5.91 Å². The summed E-state index contributed by atoms with van der Waals surface area (Å²) in [6.07, 6.45) is 3.87. The van der Waals surface area contributed by atoms with E-state index in [1.54, 1.807) is 4.68 Å². The predicted octanol–water partition coefficient (Wildman–Crippen LogP) is 1.88. The second kappa shape index (κ2) is 6.54. The van der Waals surface area contributed by atoms with Crippen molar-refractivity contribution in [1.29, 1.82) is 0 Å². The molecule has 0 aliphatic carbocycles. The molecule has 0 N–H and O–H groups in total. The number of aryl methyl sites for hydroxylation is 3. The molecule has 0 bridgehead atoms. The summed E-state index contributed by atoms with van der Waals surface area (Å²) in [5.41, 5.74) is 4.88. The van der Waals surface area contributed by atoms with Crippen LogP contribution in [0.25, 0.3) is 0 Å². The van der Waals surface area contributed by atoms with E-state index in [2.05, 4.69) is 42.0 Å². The zero-order chi connectivity index (χ0) is 16.4. The minimum Gasteiger partial charge on any atom is -0.336 e. The van der Waals surface area contributed by atoms with Gasteiger partial charge in [0.05, 0.1) is 12.7 Å². The third-order valence-electron chi connectivity index (χ3n) is 4.22. The fourth-order valence-corrected chi connectivity index (χ4v) is 3.25. The summed E-state index contributed by atoms with van der Waals surface area (Å²) >= 11 is 0. The number of aromatic nitrogens is 2. The molecule has 2 aromatic rings. The van der Waals surface area contributed by atoms with Crippen LogP contribution in [0.15, 0.2) is 30.6 Å². The molecule has 1 aliphatic rings. The molecule has 1 aromatic carbocycles. The first-order valence-corrected chi connectivity index (χ1v) is 8.04. The van der Waals surface area contributed by atoms with Crippen LogP contribution in [0.3, 0.4) is 0 Å². The van der Waals surface area contributed by atoms with Crippen LogP contribution in [0, 0.1) is 13.8 Å². The van der Waals surface area contributed by atoms with Gasteiger partial charge in [-0.3, -0.25) is 14.4 Å². The lowest BCUT2D eigenvalue weighted by molar-refractivity contribution is -0.136. The van der Waals surface area contributed by atoms with Crippen molar-refractivity contribution in [3.8, 4) is 0 Å². The highest BCUT2D eigenvalue weighted by Gasteiger charge is 2.24. The van der Waals surface area contributed by atoms with Crippen LogP contribution in [-0.2, 0) is 24.9 Å². The van der Waals surface area contributed by atoms with Crippen LogP contribution < -0.4 is 0 Å². The number of carbonyl (C=O) groups is 1. The molecule has 1 saturated heterocycles. The van der Waals surface area contributed by atoms with Gasteiger partial charge >= 0.3 is 0 Å². The molecule has 23 heavy (non-hydrogen) atoms. The molecule has 1 aromatic heterocycles. The van der Waals surface area contributed by atoms with E-state index in [1.165, 1.54) is 16.7 Å². The van der Waals surface area contributed by atoms with E-state index >= 15 is 0 Å². The fraction of sp³-hybridized carbons (Fsp3) is 0.444. The van der Waals surface area contributed by atoms with E-state index in [-0.39, 0.29) is 5.91 Å². The van der Waals surface area contributed by atoms with Gasteiger partial charge in [0.2, 0.25) is 5.91 Å². The summed E-state index contributed by atoms with van der Waals surface area (Å²) in [7, 11) is 1.91. The summed E-state index contributed by atoms with van der Waals surface area (Å²) in [6, 6.07) is 6.50. The molecule has 0 radical (unpaired) electrons. The largest absolute Gasteiger partial charge is 0.336 e. The Morgan fingerprint density at radius 3 is 2.39 bits per heavy atom. The van der Waals surface area contributed by atoms with Crippen LogP contribution in [-0.4, -0.2) is 45.1 Å². The molecule has 1 aliphatic heterocycles. The molecule has 1 amide bonds. The minimum absolute atomic E-state index is 0.208. The van der Waals surface area contributed by atoms with Crippen molar-refractivity contribution in [3.63, 3.8) is 0 Å². The number of hydrogen-bond donors (Lipinski definition) is 0. The smallest absolute Gasteiger partial charge is 0.237 e. The Labute approximate surface area is 137 Å². The standard InChI is InChI=1S/C18H24N4O/c1-14-6-15(2)8-16(7-14)12-22-5-4-21(13-18(22)23)11-17-9-19-20(3)10-17/h6-10H,4-5,11-13H2,1-3H3. The first-order valence-electron chi connectivity index (χ1n) is 8.04. The Morgan fingerprint density at radius 1 is 1.04 bits per heavy atom. The number of piperazine rings is 1. The van der Waals surface area contributed by atoms with Gasteiger partial charge in [-0.05, 0) is 19.4 Å². The lowest BCUT2D eigenvalue weighted by Gasteiger charge is -2.34. The van der Waals surface area contributed by atoms with E-state index < -0.39 is 0 Å². The summed E-state index contributed by atoms with van der Waals surface area (Å²) in [6.45, 7) is 7.88. The maximum absolute atomic E-state index is 12.4. The summed E-state index contributed by atoms with van der Waals surface area (Å²) in [5.74, 6) is 0.208. The topological polar surface area (TPSA) is 41.4 Å². The Morgan fingerprint density at radius 2 is 1.78 bits per heavy atom. The molecule has 1 fully saturated rings. The molecule has 0 unspecified atom stereocenters. The summed E-state index contributed by atoms with van der Waals surface area (Å²) < 4.78 is 1.80. The van der Waals surface area contributed by atoms with Gasteiger partial charge in [-0.25, -0.2) is 0 Å². The van der Waals surface area contributed by atoms with Crippen LogP contribution >= 0.6 is 0 Å². The lowest BCUT2D eigenvalue weighted by Crippen LogP contribution is -2.49. The van der Waals surface area contributed by atoms with Gasteiger partial charge in [0.25, 0.3) is 0 Å². The van der Waals surface area contributed by atoms with Gasteiger partial charge < -0.3 is 4.90 Å². The van der Waals surface area contributed by atoms with E-state index in [4.69, 9.17) is 0 Å². The highest BCUT2D eigenvalue weighted by molar-refractivity contribution is 5.79. The van der Waals surface area contributed by atoms with Gasteiger partial charge in [-0.2, -0.15) is 5.10 Å². The fourth-order valence-electron chi connectivity index (χ4n) is 3.25. The second-order valence-corrected chi connectivity index (χ2v) is 6.54. The van der Waals surface area contributed by atoms with Crippen molar-refractivity contribution in [2.45, 2.75) is 26.9 Å². The van der Waals surface area contributed by atoms with Crippen LogP contribution in [0.1, 0.15) is 22.3 Å². The number of rotatable bonds is 4. The van der Waals surface area contributed by atoms with Crippen LogP contribution in [0.5, 0.6) is 0 Å². The molecule has 5 heteroatoms. The molecule has 3 rings (SSSR count). The predicted molar refractivity (Wildman–Crippen MR) is 89.8 cm³/mol. The van der Waals surface area contributed by atoms with E-state index in [0.717, 1.165) is 25.2 Å². The summed E-state index contributed by atoms with van der Waals surface area (Å²) in [4.78, 5) is 16.6.